The van der Waals surface area contributed by atoms with Gasteiger partial charge in [0.05, 0.1) is 6.10 Å². The molecule has 1 unspecified atom stereocenters. The minimum absolute atomic E-state index is 0.0684. The van der Waals surface area contributed by atoms with Gasteiger partial charge in [-0.2, -0.15) is 0 Å². The molecule has 1 amide bonds. The molecule has 0 aliphatic heterocycles. The summed E-state index contributed by atoms with van der Waals surface area (Å²) in [6.45, 7) is 6.68. The summed E-state index contributed by atoms with van der Waals surface area (Å²) in [5, 5.41) is 12.3. The molecule has 0 fully saturated rings. The third kappa shape index (κ3) is 9.97. The van der Waals surface area contributed by atoms with Crippen LogP contribution in [0.1, 0.15) is 59.3 Å². The predicted molar refractivity (Wildman–Crippen MR) is 67.2 cm³/mol. The number of unbranched alkanes of at least 4 members (excludes halogenated alkanes) is 3. The lowest BCUT2D eigenvalue weighted by Gasteiger charge is -2.13. The van der Waals surface area contributed by atoms with Crippen LogP contribution in [0.25, 0.3) is 0 Å². The highest BCUT2D eigenvalue weighted by molar-refractivity contribution is 5.75. The second-order valence-electron chi connectivity index (χ2n) is 4.90. The third-order valence-corrected chi connectivity index (χ3v) is 2.54. The Hall–Kier alpha value is -0.570. The first-order valence-corrected chi connectivity index (χ1v) is 6.51. The Morgan fingerprint density at radius 3 is 2.50 bits per heavy atom. The van der Waals surface area contributed by atoms with E-state index in [1.165, 1.54) is 12.8 Å². The molecule has 0 radical (unpaired) electrons. The fourth-order valence-electron chi connectivity index (χ4n) is 1.66. The van der Waals surface area contributed by atoms with Crippen molar-refractivity contribution in [1.29, 1.82) is 0 Å². The summed E-state index contributed by atoms with van der Waals surface area (Å²) in [5.41, 5.74) is 0. The zero-order valence-corrected chi connectivity index (χ0v) is 11.0. The standard InChI is InChI=1S/C13H27NO2/c1-4-5-6-7-8-13(16)14-10-12(15)9-11(2)3/h11-12,15H,4-10H2,1-3H3,(H,14,16). The fraction of sp³-hybridized carbons (Fsp3) is 0.923. The number of nitrogens with one attached hydrogen (secondary N) is 1. The fourth-order valence-corrected chi connectivity index (χ4v) is 1.66. The van der Waals surface area contributed by atoms with E-state index in [-0.39, 0.29) is 5.91 Å². The maximum absolute atomic E-state index is 11.4. The van der Waals surface area contributed by atoms with E-state index in [0.29, 0.717) is 18.9 Å². The molecule has 3 nitrogen and oxygen atoms in total. The van der Waals surface area contributed by atoms with Gasteiger partial charge in [-0.3, -0.25) is 4.79 Å². The van der Waals surface area contributed by atoms with Crippen molar-refractivity contribution in [3.63, 3.8) is 0 Å². The summed E-state index contributed by atoms with van der Waals surface area (Å²) in [5.74, 6) is 0.537. The topological polar surface area (TPSA) is 49.3 Å². The van der Waals surface area contributed by atoms with Gasteiger partial charge in [0.2, 0.25) is 5.91 Å². The first-order chi connectivity index (χ1) is 7.56. The van der Waals surface area contributed by atoms with Gasteiger partial charge >= 0.3 is 0 Å². The van der Waals surface area contributed by atoms with E-state index in [2.05, 4.69) is 26.1 Å². The van der Waals surface area contributed by atoms with Crippen molar-refractivity contribution in [3.05, 3.63) is 0 Å². The molecule has 2 N–H and O–H groups in total. The zero-order chi connectivity index (χ0) is 12.4. The molecule has 0 saturated heterocycles. The molecule has 0 heterocycles. The normalized spacial score (nSPS) is 12.8. The zero-order valence-electron chi connectivity index (χ0n) is 11.0. The van der Waals surface area contributed by atoms with E-state index in [9.17, 15) is 9.90 Å². The van der Waals surface area contributed by atoms with E-state index < -0.39 is 6.10 Å². The molecule has 0 spiro atoms. The minimum atomic E-state index is -0.403. The molecule has 0 rings (SSSR count). The van der Waals surface area contributed by atoms with E-state index in [0.717, 1.165) is 19.3 Å². The van der Waals surface area contributed by atoms with E-state index in [4.69, 9.17) is 0 Å². The molecule has 0 aliphatic rings. The van der Waals surface area contributed by atoms with E-state index in [1.54, 1.807) is 0 Å². The number of aliphatic hydroxyl groups is 1. The first kappa shape index (κ1) is 15.4. The summed E-state index contributed by atoms with van der Waals surface area (Å²) in [7, 11) is 0. The van der Waals surface area contributed by atoms with Crippen molar-refractivity contribution < 1.29 is 9.90 Å². The molecule has 1 atom stereocenters. The van der Waals surface area contributed by atoms with Gasteiger partial charge in [0, 0.05) is 13.0 Å². The summed E-state index contributed by atoms with van der Waals surface area (Å²) < 4.78 is 0. The highest BCUT2D eigenvalue weighted by atomic mass is 16.3. The van der Waals surface area contributed by atoms with E-state index >= 15 is 0 Å². The van der Waals surface area contributed by atoms with Crippen LogP contribution in [0.4, 0.5) is 0 Å². The lowest BCUT2D eigenvalue weighted by Crippen LogP contribution is -2.32. The van der Waals surface area contributed by atoms with Crippen molar-refractivity contribution in [3.8, 4) is 0 Å². The van der Waals surface area contributed by atoms with Crippen LogP contribution in [0, 0.1) is 5.92 Å². The molecule has 16 heavy (non-hydrogen) atoms. The van der Waals surface area contributed by atoms with Crippen LogP contribution in [0.3, 0.4) is 0 Å². The lowest BCUT2D eigenvalue weighted by atomic mass is 10.1. The van der Waals surface area contributed by atoms with Crippen LogP contribution in [0.5, 0.6) is 0 Å². The highest BCUT2D eigenvalue weighted by Crippen LogP contribution is 2.04. The number of aliphatic hydroxyl groups excluding tert-OH is 1. The summed E-state index contributed by atoms with van der Waals surface area (Å²) >= 11 is 0. The molecule has 0 aromatic carbocycles. The Bertz CT molecular complexity index is 181. The minimum Gasteiger partial charge on any atom is -0.391 e. The average molecular weight is 229 g/mol. The monoisotopic (exact) mass is 229 g/mol. The van der Waals surface area contributed by atoms with Gasteiger partial charge in [0.25, 0.3) is 0 Å². The van der Waals surface area contributed by atoms with Crippen molar-refractivity contribution in [2.45, 2.75) is 65.4 Å². The van der Waals surface area contributed by atoms with Gasteiger partial charge in [-0.25, -0.2) is 0 Å². The van der Waals surface area contributed by atoms with Crippen LogP contribution in [0.15, 0.2) is 0 Å². The molecule has 0 bridgehead atoms. The van der Waals surface area contributed by atoms with Crippen molar-refractivity contribution in [1.82, 2.24) is 5.32 Å². The number of amides is 1. The summed E-state index contributed by atoms with van der Waals surface area (Å²) in [4.78, 5) is 11.4. The average Bonchev–Trinajstić information content (AvgIpc) is 2.20. The smallest absolute Gasteiger partial charge is 0.220 e. The second-order valence-corrected chi connectivity index (χ2v) is 4.90. The second kappa shape index (κ2) is 9.64. The Morgan fingerprint density at radius 2 is 1.94 bits per heavy atom. The van der Waals surface area contributed by atoms with Gasteiger partial charge in [-0.1, -0.05) is 40.0 Å². The van der Waals surface area contributed by atoms with Crippen molar-refractivity contribution in [2.24, 2.45) is 5.92 Å². The SMILES string of the molecule is CCCCCCC(=O)NCC(O)CC(C)C. The van der Waals surface area contributed by atoms with Crippen molar-refractivity contribution in [2.75, 3.05) is 6.54 Å². The van der Waals surface area contributed by atoms with Gasteiger partial charge in [-0.15, -0.1) is 0 Å². The van der Waals surface area contributed by atoms with E-state index in [1.807, 2.05) is 0 Å². The van der Waals surface area contributed by atoms with Gasteiger partial charge in [0.15, 0.2) is 0 Å². The van der Waals surface area contributed by atoms with Crippen LogP contribution in [-0.2, 0) is 4.79 Å². The summed E-state index contributed by atoms with van der Waals surface area (Å²) in [6.07, 6.45) is 5.40. The Balaban J connectivity index is 3.42. The number of rotatable bonds is 9. The Kier molecular flexibility index (Phi) is 9.30. The van der Waals surface area contributed by atoms with Gasteiger partial charge in [0.1, 0.15) is 0 Å². The van der Waals surface area contributed by atoms with Crippen LogP contribution < -0.4 is 5.32 Å². The van der Waals surface area contributed by atoms with Crippen LogP contribution in [-0.4, -0.2) is 23.7 Å². The Morgan fingerprint density at radius 1 is 1.25 bits per heavy atom. The quantitative estimate of drug-likeness (QED) is 0.597. The van der Waals surface area contributed by atoms with Crippen LogP contribution in [0.2, 0.25) is 0 Å². The molecule has 96 valence electrons. The number of hydrogen-bond donors (Lipinski definition) is 2. The molecule has 0 aliphatic carbocycles. The maximum atomic E-state index is 11.4. The number of carbonyl (C=O) groups is 1. The van der Waals surface area contributed by atoms with Crippen LogP contribution >= 0.6 is 0 Å². The van der Waals surface area contributed by atoms with Crippen molar-refractivity contribution >= 4 is 5.91 Å². The van der Waals surface area contributed by atoms with Gasteiger partial charge in [-0.05, 0) is 18.8 Å². The molecular formula is C13H27NO2. The summed E-state index contributed by atoms with van der Waals surface area (Å²) in [6, 6.07) is 0. The highest BCUT2D eigenvalue weighted by Gasteiger charge is 2.08. The Labute approximate surface area is 99.6 Å². The molecule has 0 aromatic rings. The number of hydrogen-bond acceptors (Lipinski definition) is 2. The van der Waals surface area contributed by atoms with Gasteiger partial charge < -0.3 is 10.4 Å². The third-order valence-electron chi connectivity index (χ3n) is 2.54. The number of carbonyl (C=O) groups excluding carboxylic acids is 1. The molecular weight excluding hydrogens is 202 g/mol. The molecule has 0 saturated carbocycles. The predicted octanol–water partition coefficient (Wildman–Crippen LogP) is 2.48. The largest absolute Gasteiger partial charge is 0.391 e. The maximum Gasteiger partial charge on any atom is 0.220 e. The molecule has 0 aromatic heterocycles. The first-order valence-electron chi connectivity index (χ1n) is 6.51. The lowest BCUT2D eigenvalue weighted by molar-refractivity contribution is -0.121. The molecule has 3 heteroatoms.